The monoisotopic (exact) mass is 410 g/mol. The number of hydrogen-bond donors (Lipinski definition) is 0. The van der Waals surface area contributed by atoms with Gasteiger partial charge in [-0.05, 0) is 56.7 Å². The van der Waals surface area contributed by atoms with Crippen molar-refractivity contribution in [3.63, 3.8) is 0 Å². The van der Waals surface area contributed by atoms with E-state index in [-0.39, 0.29) is 16.1 Å². The number of hydrogen-bond acceptors (Lipinski definition) is 5. The zero-order valence-electron chi connectivity index (χ0n) is 16.1. The van der Waals surface area contributed by atoms with E-state index >= 15 is 0 Å². The van der Waals surface area contributed by atoms with Gasteiger partial charge in [-0.25, -0.2) is 4.90 Å². The summed E-state index contributed by atoms with van der Waals surface area (Å²) in [5, 5.41) is 0. The van der Waals surface area contributed by atoms with Crippen molar-refractivity contribution in [3.8, 4) is 0 Å². The second-order valence-electron chi connectivity index (χ2n) is 6.46. The second kappa shape index (κ2) is 8.71. The van der Waals surface area contributed by atoms with Crippen LogP contribution in [0.2, 0.25) is 0 Å². The summed E-state index contributed by atoms with van der Waals surface area (Å²) in [6.45, 7) is 8.02. The average Bonchev–Trinajstić information content (AvgIpc) is 2.96. The highest BCUT2D eigenvalue weighted by Crippen LogP contribution is 2.34. The number of aryl methyl sites for hydroxylation is 1. The van der Waals surface area contributed by atoms with Gasteiger partial charge < -0.3 is 4.90 Å². The molecule has 2 amide bonds. The molecule has 1 heterocycles. The Morgan fingerprint density at radius 2 is 1.82 bits per heavy atom. The van der Waals surface area contributed by atoms with Gasteiger partial charge in [0.25, 0.3) is 11.8 Å². The largest absolute Gasteiger partial charge is 0.372 e. The van der Waals surface area contributed by atoms with Crippen LogP contribution in [0.15, 0.2) is 53.4 Å². The molecule has 6 heteroatoms. The third kappa shape index (κ3) is 4.18. The van der Waals surface area contributed by atoms with Crippen molar-refractivity contribution in [2.24, 2.45) is 0 Å². The molecule has 0 saturated carbocycles. The molecule has 4 nitrogen and oxygen atoms in total. The molecule has 1 fully saturated rings. The van der Waals surface area contributed by atoms with Crippen LogP contribution < -0.4 is 4.90 Å². The van der Waals surface area contributed by atoms with Crippen molar-refractivity contribution in [2.75, 3.05) is 18.0 Å². The summed E-state index contributed by atoms with van der Waals surface area (Å²) in [5.41, 5.74) is 3.46. The smallest absolute Gasteiger partial charge is 0.273 e. The van der Waals surface area contributed by atoms with Gasteiger partial charge in [-0.3, -0.25) is 9.59 Å². The Balaban J connectivity index is 1.82. The fraction of sp³-hybridized carbons (Fsp3) is 0.227. The van der Waals surface area contributed by atoms with Crippen molar-refractivity contribution in [3.05, 3.63) is 70.1 Å². The molecule has 0 aliphatic carbocycles. The van der Waals surface area contributed by atoms with E-state index in [1.807, 2.05) is 37.3 Å². The van der Waals surface area contributed by atoms with Gasteiger partial charge in [-0.15, -0.1) is 0 Å². The van der Waals surface area contributed by atoms with E-state index in [0.717, 1.165) is 46.6 Å². The van der Waals surface area contributed by atoms with Gasteiger partial charge >= 0.3 is 0 Å². The minimum Gasteiger partial charge on any atom is -0.372 e. The fourth-order valence-electron chi connectivity index (χ4n) is 3.07. The van der Waals surface area contributed by atoms with Crippen LogP contribution in [0.3, 0.4) is 0 Å². The zero-order chi connectivity index (χ0) is 20.3. The van der Waals surface area contributed by atoms with E-state index in [1.54, 1.807) is 24.3 Å². The lowest BCUT2D eigenvalue weighted by atomic mass is 10.1. The molecule has 0 radical (unpaired) electrons. The second-order valence-corrected chi connectivity index (χ2v) is 8.13. The summed E-state index contributed by atoms with van der Waals surface area (Å²) >= 11 is 6.47. The van der Waals surface area contributed by atoms with Crippen LogP contribution in [0.1, 0.15) is 35.3 Å². The van der Waals surface area contributed by atoms with E-state index in [2.05, 4.69) is 18.7 Å². The van der Waals surface area contributed by atoms with E-state index in [9.17, 15) is 9.59 Å². The molecule has 0 spiro atoms. The molecule has 2 aromatic carbocycles. The van der Waals surface area contributed by atoms with Crippen LogP contribution in [-0.4, -0.2) is 34.1 Å². The number of amides is 2. The van der Waals surface area contributed by atoms with Gasteiger partial charge in [-0.1, -0.05) is 53.8 Å². The summed E-state index contributed by atoms with van der Waals surface area (Å²) in [6.07, 6.45) is 1.79. The molecule has 0 aromatic heterocycles. The number of nitrogens with zero attached hydrogens (tertiary/aromatic N) is 2. The van der Waals surface area contributed by atoms with Crippen molar-refractivity contribution >= 4 is 51.9 Å². The molecule has 28 heavy (non-hydrogen) atoms. The maximum Gasteiger partial charge on any atom is 0.273 e. The van der Waals surface area contributed by atoms with Crippen molar-refractivity contribution in [1.82, 2.24) is 4.90 Å². The van der Waals surface area contributed by atoms with Gasteiger partial charge in [0.05, 0.1) is 4.91 Å². The van der Waals surface area contributed by atoms with Gasteiger partial charge in [-0.2, -0.15) is 0 Å². The van der Waals surface area contributed by atoms with Crippen molar-refractivity contribution in [1.29, 1.82) is 0 Å². The summed E-state index contributed by atoms with van der Waals surface area (Å²) in [5.74, 6) is -0.749. The molecular weight excluding hydrogens is 388 g/mol. The highest BCUT2D eigenvalue weighted by Gasteiger charge is 2.37. The Kier molecular flexibility index (Phi) is 6.31. The van der Waals surface area contributed by atoms with Crippen LogP contribution in [0.25, 0.3) is 6.08 Å². The van der Waals surface area contributed by atoms with Crippen LogP contribution in [0.5, 0.6) is 0 Å². The number of thiocarbonyl (C=S) groups is 1. The number of carbonyl (C=O) groups is 2. The molecule has 1 saturated heterocycles. The van der Waals surface area contributed by atoms with E-state index in [1.165, 1.54) is 0 Å². The maximum absolute atomic E-state index is 12.8. The van der Waals surface area contributed by atoms with Gasteiger partial charge in [0, 0.05) is 24.3 Å². The van der Waals surface area contributed by atoms with Gasteiger partial charge in [0.15, 0.2) is 4.32 Å². The van der Waals surface area contributed by atoms with E-state index < -0.39 is 0 Å². The highest BCUT2D eigenvalue weighted by molar-refractivity contribution is 8.26. The number of imide groups is 1. The summed E-state index contributed by atoms with van der Waals surface area (Å²) in [6, 6.07) is 15.2. The van der Waals surface area contributed by atoms with Crippen LogP contribution in [-0.2, 0) is 4.79 Å². The predicted octanol–water partition coefficient (Wildman–Crippen LogP) is 4.88. The first-order valence-electron chi connectivity index (χ1n) is 9.18. The molecule has 1 aliphatic heterocycles. The lowest BCUT2D eigenvalue weighted by Gasteiger charge is -2.20. The molecule has 3 rings (SSSR count). The van der Waals surface area contributed by atoms with E-state index in [4.69, 9.17) is 12.2 Å². The average molecular weight is 411 g/mol. The Morgan fingerprint density at radius 1 is 1.14 bits per heavy atom. The summed E-state index contributed by atoms with van der Waals surface area (Å²) in [7, 11) is 0. The number of anilines is 1. The summed E-state index contributed by atoms with van der Waals surface area (Å²) < 4.78 is 0.266. The lowest BCUT2D eigenvalue weighted by molar-refractivity contribution is -0.120. The highest BCUT2D eigenvalue weighted by atomic mass is 32.2. The number of rotatable bonds is 5. The first-order valence-corrected chi connectivity index (χ1v) is 10.4. The molecule has 0 N–H and O–H groups in total. The number of benzene rings is 2. The van der Waals surface area contributed by atoms with Gasteiger partial charge in [0.1, 0.15) is 0 Å². The van der Waals surface area contributed by atoms with Crippen LogP contribution >= 0.6 is 24.0 Å². The standard InChI is InChI=1S/C22H22N2O2S2/c1-4-23(5-2)18-11-9-16(10-12-18)14-19-21(26)24(22(27)28-19)20(25)17-8-6-7-15(3)13-17/h6-14H,4-5H2,1-3H3/b19-14+. The topological polar surface area (TPSA) is 40.6 Å². The quantitative estimate of drug-likeness (QED) is 0.399. The first kappa shape index (κ1) is 20.3. The molecule has 1 aliphatic rings. The molecule has 2 aromatic rings. The van der Waals surface area contributed by atoms with Gasteiger partial charge in [0.2, 0.25) is 0 Å². The van der Waals surface area contributed by atoms with Crippen LogP contribution in [0, 0.1) is 6.92 Å². The minimum absolute atomic E-state index is 0.266. The third-order valence-corrected chi connectivity index (χ3v) is 5.88. The lowest BCUT2D eigenvalue weighted by Crippen LogP contribution is -2.34. The van der Waals surface area contributed by atoms with Crippen LogP contribution in [0.4, 0.5) is 5.69 Å². The van der Waals surface area contributed by atoms with Crippen molar-refractivity contribution in [2.45, 2.75) is 20.8 Å². The Morgan fingerprint density at radius 3 is 2.43 bits per heavy atom. The Hall–Kier alpha value is -2.44. The first-order chi connectivity index (χ1) is 13.4. The fourth-order valence-corrected chi connectivity index (χ4v) is 4.33. The number of carbonyl (C=O) groups excluding carboxylic acids is 2. The molecular formula is C22H22N2O2S2. The Labute approximate surface area is 175 Å². The number of thioether (sulfide) groups is 1. The van der Waals surface area contributed by atoms with Crippen molar-refractivity contribution < 1.29 is 9.59 Å². The summed E-state index contributed by atoms with van der Waals surface area (Å²) in [4.78, 5) is 29.4. The molecule has 0 bridgehead atoms. The minimum atomic E-state index is -0.383. The third-order valence-electron chi connectivity index (χ3n) is 4.58. The normalized spacial score (nSPS) is 15.4. The Bertz CT molecular complexity index is 947. The predicted molar refractivity (Wildman–Crippen MR) is 121 cm³/mol. The molecule has 0 unspecified atom stereocenters. The SMILES string of the molecule is CCN(CC)c1ccc(/C=C2/SC(=S)N(C(=O)c3cccc(C)c3)C2=O)cc1. The molecule has 144 valence electrons. The zero-order valence-corrected chi connectivity index (χ0v) is 17.8. The van der Waals surface area contributed by atoms with E-state index in [0.29, 0.717) is 10.5 Å². The molecule has 0 atom stereocenters. The maximum atomic E-state index is 12.8.